The monoisotopic (exact) mass is 221 g/mol. The van der Waals surface area contributed by atoms with Crippen molar-refractivity contribution in [1.82, 2.24) is 5.32 Å². The first-order chi connectivity index (χ1) is 6.69. The van der Waals surface area contributed by atoms with Crippen molar-refractivity contribution in [3.8, 4) is 0 Å². The molecule has 2 unspecified atom stereocenters. The maximum atomic E-state index is 12.8. The van der Waals surface area contributed by atoms with Crippen molar-refractivity contribution in [2.45, 2.75) is 57.8 Å². The van der Waals surface area contributed by atoms with E-state index in [1.807, 2.05) is 27.7 Å². The third-order valence-electron chi connectivity index (χ3n) is 3.18. The zero-order valence-electron chi connectivity index (χ0n) is 10.1. The molecule has 0 aliphatic carbocycles. The zero-order chi connectivity index (χ0) is 11.9. The number of halogens is 2. The summed E-state index contributed by atoms with van der Waals surface area (Å²) in [5, 5.41) is 2.71. The minimum Gasteiger partial charge on any atom is -0.369 e. The Hall–Kier alpha value is -0.220. The summed E-state index contributed by atoms with van der Waals surface area (Å²) >= 11 is 0. The molecule has 1 aliphatic rings. The van der Waals surface area contributed by atoms with Gasteiger partial charge in [-0.25, -0.2) is 8.78 Å². The molecule has 1 saturated heterocycles. The van der Waals surface area contributed by atoms with Crippen LogP contribution in [0.1, 0.15) is 34.1 Å². The van der Waals surface area contributed by atoms with E-state index in [9.17, 15) is 8.78 Å². The van der Waals surface area contributed by atoms with Gasteiger partial charge in [0.15, 0.2) is 0 Å². The molecule has 15 heavy (non-hydrogen) atoms. The Morgan fingerprint density at radius 1 is 1.27 bits per heavy atom. The first kappa shape index (κ1) is 12.8. The molecule has 0 aromatic carbocycles. The predicted molar refractivity (Wildman–Crippen MR) is 56.2 cm³/mol. The molecular weight excluding hydrogens is 200 g/mol. The van der Waals surface area contributed by atoms with Gasteiger partial charge in [-0.3, -0.25) is 0 Å². The third-order valence-corrected chi connectivity index (χ3v) is 3.18. The summed E-state index contributed by atoms with van der Waals surface area (Å²) in [6.45, 7) is 7.68. The van der Waals surface area contributed by atoms with Crippen LogP contribution in [0.3, 0.4) is 0 Å². The number of hydrogen-bond donors (Lipinski definition) is 1. The Labute approximate surface area is 90.4 Å². The van der Waals surface area contributed by atoms with E-state index >= 15 is 0 Å². The quantitative estimate of drug-likeness (QED) is 0.790. The maximum Gasteiger partial charge on any atom is 0.254 e. The van der Waals surface area contributed by atoms with Crippen LogP contribution < -0.4 is 5.32 Å². The Morgan fingerprint density at radius 3 is 2.07 bits per heavy atom. The van der Waals surface area contributed by atoms with Crippen LogP contribution in [0.4, 0.5) is 8.78 Å². The zero-order valence-corrected chi connectivity index (χ0v) is 10.1. The lowest BCUT2D eigenvalue weighted by atomic mass is 9.82. The van der Waals surface area contributed by atoms with Crippen molar-refractivity contribution >= 4 is 0 Å². The Bertz CT molecular complexity index is 229. The van der Waals surface area contributed by atoms with Gasteiger partial charge in [0, 0.05) is 5.92 Å². The van der Waals surface area contributed by atoms with Crippen molar-refractivity contribution in [1.29, 1.82) is 0 Å². The van der Waals surface area contributed by atoms with Crippen LogP contribution in [0.5, 0.6) is 0 Å². The molecule has 4 heteroatoms. The molecule has 1 fully saturated rings. The molecule has 2 nitrogen and oxygen atoms in total. The average molecular weight is 221 g/mol. The molecule has 0 aromatic heterocycles. The molecule has 1 aliphatic heterocycles. The molecule has 0 spiro atoms. The number of rotatable bonds is 3. The van der Waals surface area contributed by atoms with Crippen LogP contribution in [0.25, 0.3) is 0 Å². The van der Waals surface area contributed by atoms with E-state index in [0.29, 0.717) is 6.42 Å². The first-order valence-corrected chi connectivity index (χ1v) is 5.35. The highest BCUT2D eigenvalue weighted by molar-refractivity contribution is 4.99. The summed E-state index contributed by atoms with van der Waals surface area (Å²) in [5.74, 6) is -0.155. The van der Waals surface area contributed by atoms with Crippen LogP contribution in [-0.2, 0) is 4.74 Å². The van der Waals surface area contributed by atoms with Crippen molar-refractivity contribution in [2.24, 2.45) is 5.92 Å². The number of hydrogen-bond acceptors (Lipinski definition) is 2. The average Bonchev–Trinajstić information content (AvgIpc) is 2.20. The van der Waals surface area contributed by atoms with Crippen LogP contribution in [0, 0.1) is 5.92 Å². The van der Waals surface area contributed by atoms with Gasteiger partial charge in [0.2, 0.25) is 0 Å². The fourth-order valence-corrected chi connectivity index (χ4v) is 2.67. The minimum atomic E-state index is -2.35. The van der Waals surface area contributed by atoms with Crippen LogP contribution in [0.15, 0.2) is 0 Å². The number of alkyl halides is 2. The predicted octanol–water partition coefficient (Wildman–Crippen LogP) is 2.43. The normalized spacial score (nSPS) is 30.8. The van der Waals surface area contributed by atoms with Crippen molar-refractivity contribution in [2.75, 3.05) is 7.05 Å². The van der Waals surface area contributed by atoms with Gasteiger partial charge in [0.25, 0.3) is 6.43 Å². The highest BCUT2D eigenvalue weighted by atomic mass is 19.3. The summed E-state index contributed by atoms with van der Waals surface area (Å²) < 4.78 is 31.5. The van der Waals surface area contributed by atoms with Gasteiger partial charge in [-0.05, 0) is 41.2 Å². The Kier molecular flexibility index (Phi) is 3.41. The SMILES string of the molecule is CNC(C(F)F)C1CC(C)(C)OC1(C)C. The van der Waals surface area contributed by atoms with Gasteiger partial charge in [0.1, 0.15) is 0 Å². The lowest BCUT2D eigenvalue weighted by Gasteiger charge is -2.32. The van der Waals surface area contributed by atoms with Gasteiger partial charge >= 0.3 is 0 Å². The fourth-order valence-electron chi connectivity index (χ4n) is 2.67. The standard InChI is InChI=1S/C11H21F2NO/c1-10(2)6-7(11(3,4)15-10)8(14-5)9(12)13/h7-9,14H,6H2,1-5H3. The molecular formula is C11H21F2NO. The third kappa shape index (κ3) is 2.67. The van der Waals surface area contributed by atoms with E-state index < -0.39 is 18.1 Å². The smallest absolute Gasteiger partial charge is 0.254 e. The number of ether oxygens (including phenoxy) is 1. The molecule has 0 aromatic rings. The summed E-state index contributed by atoms with van der Waals surface area (Å²) in [4.78, 5) is 0. The van der Waals surface area contributed by atoms with Gasteiger partial charge in [0.05, 0.1) is 17.2 Å². The Balaban J connectivity index is 2.85. The minimum absolute atomic E-state index is 0.155. The fraction of sp³-hybridized carbons (Fsp3) is 1.00. The van der Waals surface area contributed by atoms with Crippen molar-refractivity contribution in [3.05, 3.63) is 0 Å². The lowest BCUT2D eigenvalue weighted by Crippen LogP contribution is -2.47. The molecule has 0 radical (unpaired) electrons. The van der Waals surface area contributed by atoms with Crippen molar-refractivity contribution in [3.63, 3.8) is 0 Å². The van der Waals surface area contributed by atoms with E-state index in [2.05, 4.69) is 5.32 Å². The van der Waals surface area contributed by atoms with Crippen LogP contribution >= 0.6 is 0 Å². The highest BCUT2D eigenvalue weighted by Crippen LogP contribution is 2.44. The van der Waals surface area contributed by atoms with Crippen LogP contribution in [-0.4, -0.2) is 30.7 Å². The molecule has 0 amide bonds. The summed E-state index contributed by atoms with van der Waals surface area (Å²) in [7, 11) is 1.58. The molecule has 1 N–H and O–H groups in total. The molecule has 0 bridgehead atoms. The van der Waals surface area contributed by atoms with Gasteiger partial charge in [-0.2, -0.15) is 0 Å². The van der Waals surface area contributed by atoms with Crippen LogP contribution in [0.2, 0.25) is 0 Å². The van der Waals surface area contributed by atoms with Gasteiger partial charge < -0.3 is 10.1 Å². The summed E-state index contributed by atoms with van der Waals surface area (Å²) in [6, 6.07) is -0.790. The van der Waals surface area contributed by atoms with Gasteiger partial charge in [-0.15, -0.1) is 0 Å². The van der Waals surface area contributed by atoms with E-state index in [1.54, 1.807) is 7.05 Å². The molecule has 0 saturated carbocycles. The summed E-state index contributed by atoms with van der Waals surface area (Å²) in [5.41, 5.74) is -0.800. The van der Waals surface area contributed by atoms with E-state index in [1.165, 1.54) is 0 Å². The lowest BCUT2D eigenvalue weighted by molar-refractivity contribution is -0.0840. The Morgan fingerprint density at radius 2 is 1.80 bits per heavy atom. The van der Waals surface area contributed by atoms with Gasteiger partial charge in [-0.1, -0.05) is 0 Å². The first-order valence-electron chi connectivity index (χ1n) is 5.35. The van der Waals surface area contributed by atoms with E-state index in [-0.39, 0.29) is 11.5 Å². The largest absolute Gasteiger partial charge is 0.369 e. The molecule has 2 atom stereocenters. The summed E-state index contributed by atoms with van der Waals surface area (Å²) in [6.07, 6.45) is -1.69. The molecule has 90 valence electrons. The topological polar surface area (TPSA) is 21.3 Å². The van der Waals surface area contributed by atoms with E-state index in [4.69, 9.17) is 4.74 Å². The van der Waals surface area contributed by atoms with Crippen molar-refractivity contribution < 1.29 is 13.5 Å². The van der Waals surface area contributed by atoms with E-state index in [0.717, 1.165) is 0 Å². The molecule has 1 rings (SSSR count). The molecule has 1 heterocycles. The maximum absolute atomic E-state index is 12.8. The second-order valence-corrected chi connectivity index (χ2v) is 5.42. The highest BCUT2D eigenvalue weighted by Gasteiger charge is 2.50. The second kappa shape index (κ2) is 3.98. The number of nitrogens with one attached hydrogen (secondary N) is 1. The second-order valence-electron chi connectivity index (χ2n) is 5.42.